The van der Waals surface area contributed by atoms with Crippen molar-refractivity contribution in [3.8, 4) is 0 Å². The molecule has 2 atom stereocenters. The fraction of sp³-hybridized carbons (Fsp3) is 0.750. The topological polar surface area (TPSA) is 26.3 Å². The highest BCUT2D eigenvalue weighted by molar-refractivity contribution is 5.83. The molecule has 14 heavy (non-hydrogen) atoms. The molecule has 2 heteroatoms. The monoisotopic (exact) mass is 196 g/mol. The predicted molar refractivity (Wildman–Crippen MR) is 56.9 cm³/mol. The van der Waals surface area contributed by atoms with E-state index in [0.29, 0.717) is 18.4 Å². The first-order chi connectivity index (χ1) is 6.65. The summed E-state index contributed by atoms with van der Waals surface area (Å²) >= 11 is 0. The molecule has 0 aromatic heterocycles. The van der Waals surface area contributed by atoms with E-state index in [1.165, 1.54) is 24.8 Å². The quantitative estimate of drug-likeness (QED) is 0.501. The minimum Gasteiger partial charge on any atom is -0.463 e. The second kappa shape index (κ2) is 5.18. The standard InChI is InChI=1S/C12H20O2/c1-4-14-12(13)8-11-9(2)6-5-7-10(11)3/h8-10H,4-7H2,1-3H3. The number of rotatable bonds is 2. The molecule has 1 saturated carbocycles. The Balaban J connectivity index is 2.66. The maximum absolute atomic E-state index is 11.3. The molecule has 80 valence electrons. The highest BCUT2D eigenvalue weighted by Crippen LogP contribution is 2.33. The molecular formula is C12H20O2. The zero-order valence-electron chi connectivity index (χ0n) is 9.38. The Morgan fingerprint density at radius 3 is 2.50 bits per heavy atom. The predicted octanol–water partition coefficient (Wildman–Crippen LogP) is 2.93. The van der Waals surface area contributed by atoms with Gasteiger partial charge < -0.3 is 4.74 Å². The summed E-state index contributed by atoms with van der Waals surface area (Å²) < 4.78 is 4.93. The third-order valence-electron chi connectivity index (χ3n) is 2.98. The first kappa shape index (κ1) is 11.3. The van der Waals surface area contributed by atoms with Gasteiger partial charge in [-0.25, -0.2) is 4.79 Å². The van der Waals surface area contributed by atoms with Crippen LogP contribution in [0.2, 0.25) is 0 Å². The van der Waals surface area contributed by atoms with Crippen LogP contribution in [0.4, 0.5) is 0 Å². The molecule has 1 rings (SSSR count). The van der Waals surface area contributed by atoms with E-state index in [0.717, 1.165) is 0 Å². The smallest absolute Gasteiger partial charge is 0.330 e. The van der Waals surface area contributed by atoms with Gasteiger partial charge in [0.2, 0.25) is 0 Å². The summed E-state index contributed by atoms with van der Waals surface area (Å²) in [5.41, 5.74) is 1.27. The fourth-order valence-electron chi connectivity index (χ4n) is 2.15. The van der Waals surface area contributed by atoms with Crippen molar-refractivity contribution in [2.24, 2.45) is 11.8 Å². The molecule has 0 bridgehead atoms. The van der Waals surface area contributed by atoms with Crippen molar-refractivity contribution in [1.82, 2.24) is 0 Å². The number of hydrogen-bond acceptors (Lipinski definition) is 2. The Kier molecular flexibility index (Phi) is 4.18. The van der Waals surface area contributed by atoms with Gasteiger partial charge in [-0.3, -0.25) is 0 Å². The van der Waals surface area contributed by atoms with Gasteiger partial charge in [-0.2, -0.15) is 0 Å². The van der Waals surface area contributed by atoms with E-state index < -0.39 is 0 Å². The van der Waals surface area contributed by atoms with Crippen molar-refractivity contribution in [3.05, 3.63) is 11.6 Å². The second-order valence-corrected chi connectivity index (χ2v) is 4.13. The van der Waals surface area contributed by atoms with Crippen LogP contribution in [-0.4, -0.2) is 12.6 Å². The van der Waals surface area contributed by atoms with E-state index >= 15 is 0 Å². The molecule has 0 spiro atoms. The average molecular weight is 196 g/mol. The zero-order valence-corrected chi connectivity index (χ0v) is 9.38. The summed E-state index contributed by atoms with van der Waals surface area (Å²) in [6, 6.07) is 0. The van der Waals surface area contributed by atoms with Crippen LogP contribution >= 0.6 is 0 Å². The lowest BCUT2D eigenvalue weighted by Crippen LogP contribution is -2.16. The summed E-state index contributed by atoms with van der Waals surface area (Å²) in [7, 11) is 0. The molecule has 0 saturated heterocycles. The Bertz CT molecular complexity index is 218. The number of hydrogen-bond donors (Lipinski definition) is 0. The summed E-state index contributed by atoms with van der Waals surface area (Å²) in [6.45, 7) is 6.69. The van der Waals surface area contributed by atoms with Gasteiger partial charge in [0.15, 0.2) is 0 Å². The van der Waals surface area contributed by atoms with Crippen LogP contribution in [0, 0.1) is 11.8 Å². The fourth-order valence-corrected chi connectivity index (χ4v) is 2.15. The minimum atomic E-state index is -0.178. The number of carbonyl (C=O) groups is 1. The number of ether oxygens (including phenoxy) is 1. The van der Waals surface area contributed by atoms with E-state index in [1.807, 2.05) is 6.92 Å². The molecule has 1 aliphatic carbocycles. The summed E-state index contributed by atoms with van der Waals surface area (Å²) in [6.07, 6.45) is 5.39. The molecule has 0 heterocycles. The molecule has 0 aromatic carbocycles. The number of carbonyl (C=O) groups excluding carboxylic acids is 1. The molecule has 0 aliphatic heterocycles. The number of allylic oxidation sites excluding steroid dienone is 1. The molecule has 2 unspecified atom stereocenters. The van der Waals surface area contributed by atoms with Gasteiger partial charge in [0, 0.05) is 6.08 Å². The molecule has 0 aromatic rings. The number of esters is 1. The first-order valence-corrected chi connectivity index (χ1v) is 5.53. The van der Waals surface area contributed by atoms with Gasteiger partial charge in [-0.05, 0) is 31.6 Å². The SMILES string of the molecule is CCOC(=O)C=C1C(C)CCCC1C. The van der Waals surface area contributed by atoms with E-state index in [4.69, 9.17) is 4.74 Å². The zero-order chi connectivity index (χ0) is 10.6. The summed E-state index contributed by atoms with van der Waals surface area (Å²) in [5.74, 6) is 0.911. The van der Waals surface area contributed by atoms with Crippen LogP contribution in [0.5, 0.6) is 0 Å². The van der Waals surface area contributed by atoms with Crippen molar-refractivity contribution in [2.75, 3.05) is 6.61 Å². The average Bonchev–Trinajstić information content (AvgIpc) is 2.12. The van der Waals surface area contributed by atoms with Crippen LogP contribution in [-0.2, 0) is 9.53 Å². The van der Waals surface area contributed by atoms with Gasteiger partial charge in [-0.15, -0.1) is 0 Å². The van der Waals surface area contributed by atoms with Gasteiger partial charge in [0.1, 0.15) is 0 Å². The lowest BCUT2D eigenvalue weighted by Gasteiger charge is -2.27. The van der Waals surface area contributed by atoms with Crippen molar-refractivity contribution in [3.63, 3.8) is 0 Å². The third-order valence-corrected chi connectivity index (χ3v) is 2.98. The van der Waals surface area contributed by atoms with Gasteiger partial charge in [0.25, 0.3) is 0 Å². The van der Waals surface area contributed by atoms with Gasteiger partial charge >= 0.3 is 5.97 Å². The van der Waals surface area contributed by atoms with Crippen LogP contribution in [0.3, 0.4) is 0 Å². The molecule has 0 amide bonds. The maximum Gasteiger partial charge on any atom is 0.330 e. The molecule has 2 nitrogen and oxygen atoms in total. The highest BCUT2D eigenvalue weighted by atomic mass is 16.5. The van der Waals surface area contributed by atoms with E-state index in [9.17, 15) is 4.79 Å². The Labute approximate surface area is 86.3 Å². The molecule has 0 radical (unpaired) electrons. The Hall–Kier alpha value is -0.790. The molecule has 1 fully saturated rings. The van der Waals surface area contributed by atoms with Crippen LogP contribution in [0.25, 0.3) is 0 Å². The lowest BCUT2D eigenvalue weighted by atomic mass is 9.78. The molecule has 0 N–H and O–H groups in total. The molecular weight excluding hydrogens is 176 g/mol. The first-order valence-electron chi connectivity index (χ1n) is 5.53. The summed E-state index contributed by atoms with van der Waals surface area (Å²) in [4.78, 5) is 11.3. The maximum atomic E-state index is 11.3. The molecule has 1 aliphatic rings. The summed E-state index contributed by atoms with van der Waals surface area (Å²) in [5, 5.41) is 0. The van der Waals surface area contributed by atoms with Crippen molar-refractivity contribution < 1.29 is 9.53 Å². The van der Waals surface area contributed by atoms with Crippen molar-refractivity contribution >= 4 is 5.97 Å². The van der Waals surface area contributed by atoms with Crippen LogP contribution in [0.1, 0.15) is 40.0 Å². The third kappa shape index (κ3) is 2.86. The lowest BCUT2D eigenvalue weighted by molar-refractivity contribution is -0.137. The van der Waals surface area contributed by atoms with E-state index in [2.05, 4.69) is 13.8 Å². The Morgan fingerprint density at radius 2 is 2.00 bits per heavy atom. The van der Waals surface area contributed by atoms with Crippen molar-refractivity contribution in [1.29, 1.82) is 0 Å². The van der Waals surface area contributed by atoms with Crippen LogP contribution in [0.15, 0.2) is 11.6 Å². The van der Waals surface area contributed by atoms with Gasteiger partial charge in [0.05, 0.1) is 6.61 Å². The Morgan fingerprint density at radius 1 is 1.43 bits per heavy atom. The van der Waals surface area contributed by atoms with E-state index in [1.54, 1.807) is 6.08 Å². The van der Waals surface area contributed by atoms with Gasteiger partial charge in [-0.1, -0.05) is 25.8 Å². The normalized spacial score (nSPS) is 27.2. The minimum absolute atomic E-state index is 0.178. The van der Waals surface area contributed by atoms with Crippen LogP contribution < -0.4 is 0 Å². The van der Waals surface area contributed by atoms with E-state index in [-0.39, 0.29) is 5.97 Å². The largest absolute Gasteiger partial charge is 0.463 e. The second-order valence-electron chi connectivity index (χ2n) is 4.13. The highest BCUT2D eigenvalue weighted by Gasteiger charge is 2.21. The van der Waals surface area contributed by atoms with Crippen molar-refractivity contribution in [2.45, 2.75) is 40.0 Å².